The Kier molecular flexibility index (Phi) is 7.21. The highest BCUT2D eigenvalue weighted by Crippen LogP contribution is 2.23. The van der Waals surface area contributed by atoms with E-state index in [2.05, 4.69) is 5.32 Å². The zero-order chi connectivity index (χ0) is 20.9. The summed E-state index contributed by atoms with van der Waals surface area (Å²) in [7, 11) is -3.78. The highest BCUT2D eigenvalue weighted by Gasteiger charge is 2.25. The molecule has 2 rings (SSSR count). The number of hydrogen-bond donors (Lipinski definition) is 1. The lowest BCUT2D eigenvalue weighted by Crippen LogP contribution is -2.38. The summed E-state index contributed by atoms with van der Waals surface area (Å²) in [5.74, 6) is 0.235. The highest BCUT2D eigenvalue weighted by molar-refractivity contribution is 7.89. The predicted octanol–water partition coefficient (Wildman–Crippen LogP) is 3.66. The number of nitrogens with zero attached hydrogens (tertiary/aromatic N) is 1. The van der Waals surface area contributed by atoms with Crippen molar-refractivity contribution in [2.75, 3.05) is 25.0 Å². The van der Waals surface area contributed by atoms with Crippen LogP contribution in [0, 0.1) is 20.8 Å². The molecule has 2 aromatic rings. The molecule has 0 aliphatic rings. The monoisotopic (exact) mass is 404 g/mol. The van der Waals surface area contributed by atoms with Gasteiger partial charge in [-0.2, -0.15) is 4.31 Å². The van der Waals surface area contributed by atoms with Gasteiger partial charge in [0.1, 0.15) is 5.75 Å². The third-order valence-corrected chi connectivity index (χ3v) is 6.32. The van der Waals surface area contributed by atoms with Crippen LogP contribution in [0.1, 0.15) is 30.5 Å². The molecule has 0 bridgehead atoms. The van der Waals surface area contributed by atoms with Crippen LogP contribution in [-0.4, -0.2) is 38.3 Å². The number of benzene rings is 2. The topological polar surface area (TPSA) is 75.7 Å². The Morgan fingerprint density at radius 3 is 2.11 bits per heavy atom. The van der Waals surface area contributed by atoms with E-state index in [9.17, 15) is 13.2 Å². The molecule has 152 valence electrons. The average Bonchev–Trinajstić information content (AvgIpc) is 2.63. The van der Waals surface area contributed by atoms with Crippen molar-refractivity contribution in [2.24, 2.45) is 0 Å². The first-order valence-electron chi connectivity index (χ1n) is 9.29. The lowest BCUT2D eigenvalue weighted by Gasteiger charge is -2.21. The molecule has 28 heavy (non-hydrogen) atoms. The Hall–Kier alpha value is -2.38. The van der Waals surface area contributed by atoms with E-state index in [1.807, 2.05) is 39.8 Å². The number of hydrogen-bond acceptors (Lipinski definition) is 4. The van der Waals surface area contributed by atoms with Gasteiger partial charge in [-0.1, -0.05) is 24.6 Å². The number of ether oxygens (including phenoxy) is 1. The molecule has 0 saturated carbocycles. The second-order valence-electron chi connectivity index (χ2n) is 6.66. The van der Waals surface area contributed by atoms with Gasteiger partial charge in [-0.25, -0.2) is 8.42 Å². The van der Waals surface area contributed by atoms with E-state index in [0.29, 0.717) is 12.4 Å². The Labute approximate surface area is 167 Å². The van der Waals surface area contributed by atoms with Crippen molar-refractivity contribution in [3.05, 3.63) is 53.1 Å². The first-order valence-corrected chi connectivity index (χ1v) is 10.7. The molecule has 7 heteroatoms. The van der Waals surface area contributed by atoms with Crippen molar-refractivity contribution in [3.63, 3.8) is 0 Å². The fourth-order valence-corrected chi connectivity index (χ4v) is 4.51. The van der Waals surface area contributed by atoms with Gasteiger partial charge in [-0.3, -0.25) is 4.79 Å². The largest absolute Gasteiger partial charge is 0.494 e. The molecule has 0 spiro atoms. The lowest BCUT2D eigenvalue weighted by molar-refractivity contribution is -0.116. The van der Waals surface area contributed by atoms with E-state index in [1.165, 1.54) is 12.1 Å². The predicted molar refractivity (Wildman–Crippen MR) is 111 cm³/mol. The van der Waals surface area contributed by atoms with Gasteiger partial charge in [-0.15, -0.1) is 0 Å². The van der Waals surface area contributed by atoms with Crippen molar-refractivity contribution in [2.45, 2.75) is 39.5 Å². The van der Waals surface area contributed by atoms with E-state index in [0.717, 1.165) is 26.7 Å². The Morgan fingerprint density at radius 1 is 1.04 bits per heavy atom. The van der Waals surface area contributed by atoms with Crippen molar-refractivity contribution in [1.82, 2.24) is 4.31 Å². The summed E-state index contributed by atoms with van der Waals surface area (Å²) in [4.78, 5) is 12.7. The number of carbonyl (C=O) groups is 1. The van der Waals surface area contributed by atoms with E-state index < -0.39 is 10.0 Å². The molecular weight excluding hydrogens is 376 g/mol. The van der Waals surface area contributed by atoms with Crippen LogP contribution in [0.3, 0.4) is 0 Å². The van der Waals surface area contributed by atoms with Gasteiger partial charge in [0.25, 0.3) is 0 Å². The third kappa shape index (κ3) is 5.11. The van der Waals surface area contributed by atoms with E-state index >= 15 is 0 Å². The zero-order valence-corrected chi connectivity index (χ0v) is 17.9. The number of sulfonamides is 1. The molecule has 1 N–H and O–H groups in total. The number of anilines is 1. The van der Waals surface area contributed by atoms with Crippen molar-refractivity contribution >= 4 is 21.6 Å². The third-order valence-electron chi connectivity index (χ3n) is 4.39. The van der Waals surface area contributed by atoms with Crippen LogP contribution in [0.4, 0.5) is 5.69 Å². The molecule has 0 aliphatic carbocycles. The van der Waals surface area contributed by atoms with Gasteiger partial charge >= 0.3 is 0 Å². The van der Waals surface area contributed by atoms with Crippen LogP contribution < -0.4 is 10.1 Å². The molecule has 0 aliphatic heterocycles. The van der Waals surface area contributed by atoms with Crippen molar-refractivity contribution in [3.8, 4) is 5.75 Å². The van der Waals surface area contributed by atoms with Gasteiger partial charge in [0.15, 0.2) is 0 Å². The number of nitrogens with one attached hydrogen (secondary N) is 1. The average molecular weight is 405 g/mol. The minimum atomic E-state index is -3.78. The lowest BCUT2D eigenvalue weighted by atomic mass is 10.1. The van der Waals surface area contributed by atoms with Gasteiger partial charge in [0.05, 0.1) is 18.0 Å². The van der Waals surface area contributed by atoms with Crippen LogP contribution >= 0.6 is 0 Å². The van der Waals surface area contributed by atoms with Crippen molar-refractivity contribution in [1.29, 1.82) is 0 Å². The maximum atomic E-state index is 12.9. The SMILES string of the molecule is CCOc1ccc(S(=O)(=O)N(CC)CC(=O)Nc2c(C)cc(C)cc2C)cc1. The minimum Gasteiger partial charge on any atom is -0.494 e. The summed E-state index contributed by atoms with van der Waals surface area (Å²) in [5.41, 5.74) is 3.73. The highest BCUT2D eigenvalue weighted by atomic mass is 32.2. The summed E-state index contributed by atoms with van der Waals surface area (Å²) in [5, 5.41) is 2.85. The molecule has 0 fully saturated rings. The van der Waals surface area contributed by atoms with Crippen LogP contribution in [0.25, 0.3) is 0 Å². The number of amides is 1. The Balaban J connectivity index is 2.17. The molecular formula is C21H28N2O4S. The van der Waals surface area contributed by atoms with E-state index in [4.69, 9.17) is 4.74 Å². The number of rotatable bonds is 8. The van der Waals surface area contributed by atoms with Gasteiger partial charge in [0, 0.05) is 12.2 Å². The first-order chi connectivity index (χ1) is 13.2. The standard InChI is InChI=1S/C21H28N2O4S/c1-6-23(28(25,26)19-10-8-18(9-11-19)27-7-2)14-20(24)22-21-16(4)12-15(3)13-17(21)5/h8-13H,6-7,14H2,1-5H3,(H,22,24). The smallest absolute Gasteiger partial charge is 0.243 e. The number of likely N-dealkylation sites (N-methyl/N-ethyl adjacent to an activating group) is 1. The molecule has 1 amide bonds. The van der Waals surface area contributed by atoms with Crippen LogP contribution in [0.2, 0.25) is 0 Å². The normalized spacial score (nSPS) is 11.5. The number of aryl methyl sites for hydroxylation is 3. The minimum absolute atomic E-state index is 0.133. The fourth-order valence-electron chi connectivity index (χ4n) is 3.11. The molecule has 0 saturated heterocycles. The molecule has 2 aromatic carbocycles. The Bertz CT molecular complexity index is 914. The second kappa shape index (κ2) is 9.21. The maximum absolute atomic E-state index is 12.9. The quantitative estimate of drug-likeness (QED) is 0.728. The zero-order valence-electron chi connectivity index (χ0n) is 17.1. The van der Waals surface area contributed by atoms with E-state index in [-0.39, 0.29) is 23.9 Å². The van der Waals surface area contributed by atoms with Gasteiger partial charge in [-0.05, 0) is 63.1 Å². The van der Waals surface area contributed by atoms with E-state index in [1.54, 1.807) is 19.1 Å². The maximum Gasteiger partial charge on any atom is 0.243 e. The molecule has 0 unspecified atom stereocenters. The summed E-state index contributed by atoms with van der Waals surface area (Å²) in [6.45, 7) is 9.85. The van der Waals surface area contributed by atoms with Gasteiger partial charge < -0.3 is 10.1 Å². The molecule has 0 radical (unpaired) electrons. The Morgan fingerprint density at radius 2 is 1.61 bits per heavy atom. The summed E-state index contributed by atoms with van der Waals surface area (Å²) >= 11 is 0. The number of carbonyl (C=O) groups excluding carboxylic acids is 1. The fraction of sp³-hybridized carbons (Fsp3) is 0.381. The van der Waals surface area contributed by atoms with Crippen LogP contribution in [0.5, 0.6) is 5.75 Å². The molecule has 6 nitrogen and oxygen atoms in total. The first kappa shape index (κ1) is 21.9. The summed E-state index contributed by atoms with van der Waals surface area (Å²) < 4.78 is 32.3. The summed E-state index contributed by atoms with van der Waals surface area (Å²) in [6, 6.07) is 10.2. The van der Waals surface area contributed by atoms with Crippen LogP contribution in [0.15, 0.2) is 41.3 Å². The summed E-state index contributed by atoms with van der Waals surface area (Å²) in [6.07, 6.45) is 0. The van der Waals surface area contributed by atoms with Crippen molar-refractivity contribution < 1.29 is 17.9 Å². The molecule has 0 atom stereocenters. The molecule has 0 heterocycles. The van der Waals surface area contributed by atoms with Gasteiger partial charge in [0.2, 0.25) is 15.9 Å². The molecule has 0 aromatic heterocycles. The second-order valence-corrected chi connectivity index (χ2v) is 8.60. The van der Waals surface area contributed by atoms with Crippen LogP contribution in [-0.2, 0) is 14.8 Å².